The van der Waals surface area contributed by atoms with E-state index in [0.29, 0.717) is 17.2 Å². The van der Waals surface area contributed by atoms with Crippen molar-refractivity contribution in [3.8, 4) is 0 Å². The summed E-state index contributed by atoms with van der Waals surface area (Å²) >= 11 is 6.02. The summed E-state index contributed by atoms with van der Waals surface area (Å²) in [7, 11) is 0. The van der Waals surface area contributed by atoms with Crippen molar-refractivity contribution in [2.45, 2.75) is 25.0 Å². The zero-order valence-electron chi connectivity index (χ0n) is 11.0. The summed E-state index contributed by atoms with van der Waals surface area (Å²) in [6.45, 7) is 1.71. The average molecular weight is 294 g/mol. The number of hydrogen-bond donors (Lipinski definition) is 1. The van der Waals surface area contributed by atoms with Gasteiger partial charge < -0.3 is 14.7 Å². The summed E-state index contributed by atoms with van der Waals surface area (Å²) in [6, 6.07) is 5.59. The van der Waals surface area contributed by atoms with Crippen LogP contribution in [0.1, 0.15) is 18.4 Å². The van der Waals surface area contributed by atoms with Gasteiger partial charge in [0.05, 0.1) is 12.2 Å². The van der Waals surface area contributed by atoms with Crippen LogP contribution >= 0.6 is 11.6 Å². The molecule has 0 spiro atoms. The Labute approximate surface area is 122 Å². The minimum absolute atomic E-state index is 0.292. The van der Waals surface area contributed by atoms with Crippen LogP contribution in [0.4, 0.5) is 5.69 Å². The van der Waals surface area contributed by atoms with Crippen LogP contribution in [-0.2, 0) is 9.53 Å². The lowest BCUT2D eigenvalue weighted by Gasteiger charge is -2.34. The number of anilines is 1. The van der Waals surface area contributed by atoms with Gasteiger partial charge in [-0.1, -0.05) is 11.6 Å². The van der Waals surface area contributed by atoms with Crippen molar-refractivity contribution in [3.63, 3.8) is 0 Å². The highest BCUT2D eigenvalue weighted by molar-refractivity contribution is 6.30. The number of carbonyl (C=O) groups is 1. The summed E-state index contributed by atoms with van der Waals surface area (Å²) in [5.41, 5.74) is 1.85. The smallest absolute Gasteiger partial charge is 0.328 e. The molecule has 4 nitrogen and oxygen atoms in total. The summed E-state index contributed by atoms with van der Waals surface area (Å²) in [5, 5.41) is 9.39. The highest BCUT2D eigenvalue weighted by Crippen LogP contribution is 2.33. The quantitative estimate of drug-likeness (QED) is 0.871. The second kappa shape index (κ2) is 5.46. The Hall–Kier alpha value is -1.52. The molecule has 5 heteroatoms. The first-order valence-corrected chi connectivity index (χ1v) is 7.10. The monoisotopic (exact) mass is 293 g/mol. The number of benzene rings is 1. The van der Waals surface area contributed by atoms with E-state index in [-0.39, 0.29) is 0 Å². The molecule has 2 saturated heterocycles. The van der Waals surface area contributed by atoms with Crippen LogP contribution < -0.4 is 4.90 Å². The van der Waals surface area contributed by atoms with Crippen molar-refractivity contribution in [1.82, 2.24) is 0 Å². The first-order chi connectivity index (χ1) is 9.61. The lowest BCUT2D eigenvalue weighted by Crippen LogP contribution is -2.42. The van der Waals surface area contributed by atoms with E-state index in [1.807, 2.05) is 12.1 Å². The Morgan fingerprint density at radius 1 is 1.35 bits per heavy atom. The summed E-state index contributed by atoms with van der Waals surface area (Å²) in [5.74, 6) is -0.960. The number of aliphatic carboxylic acids is 1. The van der Waals surface area contributed by atoms with Crippen LogP contribution in [0.2, 0.25) is 5.02 Å². The van der Waals surface area contributed by atoms with Gasteiger partial charge >= 0.3 is 5.97 Å². The number of rotatable bonds is 3. The number of fused-ring (bicyclic) bond motifs is 2. The average Bonchev–Trinajstić information content (AvgIpc) is 2.75. The number of carboxylic acid groups (broad SMARTS) is 1. The van der Waals surface area contributed by atoms with Gasteiger partial charge in [0.1, 0.15) is 0 Å². The van der Waals surface area contributed by atoms with Gasteiger partial charge in [-0.3, -0.25) is 0 Å². The van der Waals surface area contributed by atoms with Gasteiger partial charge in [0.25, 0.3) is 0 Å². The van der Waals surface area contributed by atoms with Crippen molar-refractivity contribution >= 4 is 29.3 Å². The minimum Gasteiger partial charge on any atom is -0.478 e. The third kappa shape index (κ3) is 2.81. The van der Waals surface area contributed by atoms with Gasteiger partial charge in [-0.05, 0) is 42.7 Å². The van der Waals surface area contributed by atoms with Gasteiger partial charge in [-0.15, -0.1) is 0 Å². The van der Waals surface area contributed by atoms with E-state index in [1.165, 1.54) is 0 Å². The first kappa shape index (κ1) is 13.5. The fourth-order valence-electron chi connectivity index (χ4n) is 2.92. The zero-order chi connectivity index (χ0) is 14.1. The standard InChI is InChI=1S/C15H16ClNO3/c16-11-2-5-14(10(7-11)1-6-15(18)19)17-8-12-3-4-13(9-17)20-12/h1-2,5-7,12-13H,3-4,8-9H2,(H,18,19)/b6-1+. The summed E-state index contributed by atoms with van der Waals surface area (Å²) in [4.78, 5) is 13.0. The molecule has 0 aliphatic carbocycles. The molecule has 0 aromatic heterocycles. The number of nitrogens with zero attached hydrogens (tertiary/aromatic N) is 1. The summed E-state index contributed by atoms with van der Waals surface area (Å²) in [6.07, 6.45) is 5.54. The highest BCUT2D eigenvalue weighted by Gasteiger charge is 2.34. The molecule has 1 N–H and O–H groups in total. The molecule has 3 rings (SSSR count). The van der Waals surface area contributed by atoms with Crippen molar-refractivity contribution in [2.24, 2.45) is 0 Å². The molecule has 2 fully saturated rings. The maximum Gasteiger partial charge on any atom is 0.328 e. The summed E-state index contributed by atoms with van der Waals surface area (Å²) < 4.78 is 5.83. The molecular formula is C15H16ClNO3. The number of ether oxygens (including phenoxy) is 1. The number of carboxylic acids is 1. The Morgan fingerprint density at radius 3 is 2.70 bits per heavy atom. The highest BCUT2D eigenvalue weighted by atomic mass is 35.5. The Balaban J connectivity index is 1.90. The maximum absolute atomic E-state index is 10.7. The molecule has 2 heterocycles. The van der Waals surface area contributed by atoms with E-state index in [1.54, 1.807) is 12.1 Å². The van der Waals surface area contributed by atoms with E-state index in [0.717, 1.165) is 43.3 Å². The van der Waals surface area contributed by atoms with Gasteiger partial charge in [-0.25, -0.2) is 4.79 Å². The molecule has 0 saturated carbocycles. The molecule has 1 aromatic carbocycles. The third-order valence-corrected chi connectivity index (χ3v) is 4.01. The topological polar surface area (TPSA) is 49.8 Å². The van der Waals surface area contributed by atoms with Crippen LogP contribution in [0.15, 0.2) is 24.3 Å². The second-order valence-electron chi connectivity index (χ2n) is 5.24. The molecule has 2 aliphatic rings. The zero-order valence-corrected chi connectivity index (χ0v) is 11.7. The number of halogens is 1. The first-order valence-electron chi connectivity index (χ1n) is 6.73. The molecule has 2 aliphatic heterocycles. The van der Waals surface area contributed by atoms with Gasteiger partial charge in [-0.2, -0.15) is 0 Å². The van der Waals surface area contributed by atoms with Gasteiger partial charge in [0.2, 0.25) is 0 Å². The molecule has 1 aromatic rings. The fraction of sp³-hybridized carbons (Fsp3) is 0.400. The van der Waals surface area contributed by atoms with E-state index >= 15 is 0 Å². The molecule has 106 valence electrons. The maximum atomic E-state index is 10.7. The van der Waals surface area contributed by atoms with Crippen LogP contribution in [-0.4, -0.2) is 36.4 Å². The SMILES string of the molecule is O=C(O)/C=C/c1cc(Cl)ccc1N1CC2CCC(C1)O2. The van der Waals surface area contributed by atoms with Crippen molar-refractivity contribution < 1.29 is 14.6 Å². The van der Waals surface area contributed by atoms with E-state index in [4.69, 9.17) is 21.4 Å². The molecule has 0 amide bonds. The lowest BCUT2D eigenvalue weighted by atomic mass is 10.1. The van der Waals surface area contributed by atoms with Crippen LogP contribution in [0.25, 0.3) is 6.08 Å². The van der Waals surface area contributed by atoms with E-state index in [9.17, 15) is 4.79 Å². The largest absolute Gasteiger partial charge is 0.478 e. The predicted molar refractivity (Wildman–Crippen MR) is 78.2 cm³/mol. The lowest BCUT2D eigenvalue weighted by molar-refractivity contribution is -0.131. The normalized spacial score (nSPS) is 25.4. The Morgan fingerprint density at radius 2 is 2.05 bits per heavy atom. The fourth-order valence-corrected chi connectivity index (χ4v) is 3.10. The van der Waals surface area contributed by atoms with Crippen molar-refractivity contribution in [1.29, 1.82) is 0 Å². The van der Waals surface area contributed by atoms with Crippen molar-refractivity contribution in [3.05, 3.63) is 34.9 Å². The molecule has 20 heavy (non-hydrogen) atoms. The predicted octanol–water partition coefficient (Wildman–Crippen LogP) is 2.81. The molecular weight excluding hydrogens is 278 g/mol. The van der Waals surface area contributed by atoms with Gasteiger partial charge in [0.15, 0.2) is 0 Å². The Kier molecular flexibility index (Phi) is 3.68. The number of hydrogen-bond acceptors (Lipinski definition) is 3. The second-order valence-corrected chi connectivity index (χ2v) is 5.67. The Bertz CT molecular complexity index is 546. The van der Waals surface area contributed by atoms with E-state index in [2.05, 4.69) is 4.90 Å². The van der Waals surface area contributed by atoms with E-state index < -0.39 is 5.97 Å². The molecule has 2 unspecified atom stereocenters. The molecule has 2 bridgehead atoms. The molecule has 0 radical (unpaired) electrons. The molecule has 2 atom stereocenters. The van der Waals surface area contributed by atoms with Gasteiger partial charge in [0, 0.05) is 29.9 Å². The van der Waals surface area contributed by atoms with Crippen LogP contribution in [0.3, 0.4) is 0 Å². The number of morpholine rings is 1. The van der Waals surface area contributed by atoms with Crippen LogP contribution in [0, 0.1) is 0 Å². The minimum atomic E-state index is -0.960. The third-order valence-electron chi connectivity index (χ3n) is 3.78. The van der Waals surface area contributed by atoms with Crippen molar-refractivity contribution in [2.75, 3.05) is 18.0 Å². The van der Waals surface area contributed by atoms with Crippen LogP contribution in [0.5, 0.6) is 0 Å².